The van der Waals surface area contributed by atoms with Crippen LogP contribution in [0, 0.1) is 5.82 Å². The Morgan fingerprint density at radius 1 is 1.16 bits per heavy atom. The van der Waals surface area contributed by atoms with E-state index in [1.54, 1.807) is 19.4 Å². The van der Waals surface area contributed by atoms with Crippen LogP contribution >= 0.6 is 0 Å². The molecule has 1 saturated heterocycles. The van der Waals surface area contributed by atoms with Crippen molar-refractivity contribution in [2.45, 2.75) is 38.9 Å². The third-order valence-corrected chi connectivity index (χ3v) is 5.63. The summed E-state index contributed by atoms with van der Waals surface area (Å²) < 4.78 is 41.1. The lowest BCUT2D eigenvalue weighted by atomic mass is 10.0. The Morgan fingerprint density at radius 3 is 2.66 bits per heavy atom. The largest absolute Gasteiger partial charge is 0.496 e. The van der Waals surface area contributed by atoms with Gasteiger partial charge in [-0.2, -0.15) is 5.10 Å². The predicted octanol–water partition coefficient (Wildman–Crippen LogP) is 3.81. The van der Waals surface area contributed by atoms with Gasteiger partial charge in [0.15, 0.2) is 0 Å². The highest BCUT2D eigenvalue weighted by atomic mass is 19.1. The molecular weight excluding hydrogens is 416 g/mol. The van der Waals surface area contributed by atoms with Crippen LogP contribution in [0.4, 0.5) is 8.78 Å². The molecule has 0 saturated carbocycles. The fraction of sp³-hybridized carbons (Fsp3) is 0.375. The van der Waals surface area contributed by atoms with Crippen LogP contribution in [-0.4, -0.2) is 52.3 Å². The van der Waals surface area contributed by atoms with Crippen molar-refractivity contribution in [2.75, 3.05) is 20.2 Å². The van der Waals surface area contributed by atoms with E-state index in [-0.39, 0.29) is 18.9 Å². The maximum atomic E-state index is 13.9. The zero-order valence-electron chi connectivity index (χ0n) is 18.2. The van der Waals surface area contributed by atoms with E-state index in [9.17, 15) is 13.9 Å². The number of ether oxygens (including phenoxy) is 2. The molecule has 2 atom stereocenters. The van der Waals surface area contributed by atoms with Crippen molar-refractivity contribution in [2.24, 2.45) is 0 Å². The molecule has 2 aromatic carbocycles. The van der Waals surface area contributed by atoms with Gasteiger partial charge in [-0.15, -0.1) is 0 Å². The molecule has 170 valence electrons. The third-order valence-electron chi connectivity index (χ3n) is 5.63. The summed E-state index contributed by atoms with van der Waals surface area (Å²) in [7, 11) is 1.54. The molecule has 0 bridgehead atoms. The maximum Gasteiger partial charge on any atom is 0.140 e. The van der Waals surface area contributed by atoms with Crippen molar-refractivity contribution in [3.8, 4) is 22.6 Å². The summed E-state index contributed by atoms with van der Waals surface area (Å²) in [6, 6.07) is 9.95. The Labute approximate surface area is 186 Å². The van der Waals surface area contributed by atoms with Crippen LogP contribution in [0.25, 0.3) is 11.1 Å². The summed E-state index contributed by atoms with van der Waals surface area (Å²) in [5.74, 6) is 0.835. The lowest BCUT2D eigenvalue weighted by Crippen LogP contribution is -2.22. The minimum Gasteiger partial charge on any atom is -0.496 e. The second kappa shape index (κ2) is 9.67. The van der Waals surface area contributed by atoms with Gasteiger partial charge in [-0.3, -0.25) is 9.58 Å². The highest BCUT2D eigenvalue weighted by Crippen LogP contribution is 2.34. The molecule has 6 nitrogen and oxygen atoms in total. The van der Waals surface area contributed by atoms with E-state index in [1.807, 2.05) is 40.9 Å². The van der Waals surface area contributed by atoms with E-state index >= 15 is 0 Å². The first-order valence-electron chi connectivity index (χ1n) is 10.6. The van der Waals surface area contributed by atoms with Crippen LogP contribution in [-0.2, 0) is 19.7 Å². The van der Waals surface area contributed by atoms with Crippen LogP contribution in [0.5, 0.6) is 11.5 Å². The number of aromatic nitrogens is 2. The van der Waals surface area contributed by atoms with Crippen molar-refractivity contribution >= 4 is 0 Å². The smallest absolute Gasteiger partial charge is 0.140 e. The summed E-state index contributed by atoms with van der Waals surface area (Å²) >= 11 is 0. The predicted molar refractivity (Wildman–Crippen MR) is 117 cm³/mol. The van der Waals surface area contributed by atoms with E-state index in [0.29, 0.717) is 30.2 Å². The number of β-amino-alcohol motifs (C(OH)–C–C–N with tert-alkyl or cyclic N) is 1. The number of halogens is 2. The van der Waals surface area contributed by atoms with Crippen LogP contribution < -0.4 is 9.47 Å². The number of methoxy groups -OCH3 is 1. The lowest BCUT2D eigenvalue weighted by Gasteiger charge is -2.19. The van der Waals surface area contributed by atoms with Crippen molar-refractivity contribution in [3.63, 3.8) is 0 Å². The Balaban J connectivity index is 1.63. The number of aryl methyl sites for hydroxylation is 1. The van der Waals surface area contributed by atoms with Gasteiger partial charge in [-0.05, 0) is 42.8 Å². The molecule has 1 N–H and O–H groups in total. The van der Waals surface area contributed by atoms with Crippen molar-refractivity contribution in [1.29, 1.82) is 0 Å². The van der Waals surface area contributed by atoms with E-state index in [1.165, 1.54) is 12.1 Å². The summed E-state index contributed by atoms with van der Waals surface area (Å²) in [6.07, 6.45) is 1.42. The molecule has 1 aliphatic heterocycles. The summed E-state index contributed by atoms with van der Waals surface area (Å²) in [6.45, 7) is 3.92. The van der Waals surface area contributed by atoms with Crippen LogP contribution in [0.3, 0.4) is 0 Å². The first-order valence-corrected chi connectivity index (χ1v) is 10.6. The van der Waals surface area contributed by atoms with Crippen molar-refractivity contribution in [3.05, 3.63) is 65.7 Å². The van der Waals surface area contributed by atoms with Crippen molar-refractivity contribution < 1.29 is 23.4 Å². The monoisotopic (exact) mass is 443 g/mol. The minimum atomic E-state index is -1.27. The van der Waals surface area contributed by atoms with Crippen LogP contribution in [0.15, 0.2) is 48.8 Å². The fourth-order valence-electron chi connectivity index (χ4n) is 3.92. The number of hydrogen-bond donors (Lipinski definition) is 1. The zero-order chi connectivity index (χ0) is 22.7. The van der Waals surface area contributed by atoms with Gasteiger partial charge in [-0.1, -0.05) is 6.07 Å². The van der Waals surface area contributed by atoms with Gasteiger partial charge >= 0.3 is 0 Å². The van der Waals surface area contributed by atoms with Gasteiger partial charge in [0.25, 0.3) is 0 Å². The summed E-state index contributed by atoms with van der Waals surface area (Å²) in [5.41, 5.74) is 3.14. The Bertz CT molecular complexity index is 1060. The van der Waals surface area contributed by atoms with Gasteiger partial charge in [0.1, 0.15) is 30.1 Å². The average molecular weight is 443 g/mol. The highest BCUT2D eigenvalue weighted by molar-refractivity contribution is 5.72. The fourth-order valence-corrected chi connectivity index (χ4v) is 3.92. The molecule has 4 rings (SSSR count). The minimum absolute atomic E-state index is 0.150. The molecule has 0 aliphatic carbocycles. The number of benzene rings is 2. The standard InChI is InChI=1S/C24H27F2N3O3/c1-3-29-11-16(10-27-29)15-32-23-6-4-17(20-9-19(25)5-7-24(20)31-2)8-18(23)12-28-13-21(26)22(30)14-28/h4-11,21-22,30H,3,12-15H2,1-2H3/t21-,22-/m1/s1. The molecule has 0 amide bonds. The molecule has 8 heteroatoms. The molecule has 1 aromatic heterocycles. The highest BCUT2D eigenvalue weighted by Gasteiger charge is 2.31. The Morgan fingerprint density at radius 2 is 1.97 bits per heavy atom. The number of hydrogen-bond acceptors (Lipinski definition) is 5. The topological polar surface area (TPSA) is 59.8 Å². The second-order valence-corrected chi connectivity index (χ2v) is 7.94. The molecule has 1 fully saturated rings. The zero-order valence-corrected chi connectivity index (χ0v) is 18.2. The molecule has 32 heavy (non-hydrogen) atoms. The number of aliphatic hydroxyl groups is 1. The normalized spacial score (nSPS) is 18.8. The molecule has 3 aromatic rings. The van der Waals surface area contributed by atoms with Gasteiger partial charge < -0.3 is 14.6 Å². The first kappa shape index (κ1) is 22.2. The molecule has 0 radical (unpaired) electrons. The van der Waals surface area contributed by atoms with Gasteiger partial charge in [0.2, 0.25) is 0 Å². The van der Waals surface area contributed by atoms with Gasteiger partial charge in [0, 0.05) is 49.1 Å². The summed E-state index contributed by atoms with van der Waals surface area (Å²) in [5, 5.41) is 14.1. The number of aliphatic hydroxyl groups excluding tert-OH is 1. The molecule has 2 heterocycles. The maximum absolute atomic E-state index is 13.9. The van der Waals surface area contributed by atoms with E-state index in [4.69, 9.17) is 9.47 Å². The van der Waals surface area contributed by atoms with E-state index in [0.717, 1.165) is 23.2 Å². The van der Waals surface area contributed by atoms with Crippen molar-refractivity contribution in [1.82, 2.24) is 14.7 Å². The Kier molecular flexibility index (Phi) is 6.72. The quantitative estimate of drug-likeness (QED) is 0.574. The van der Waals surface area contributed by atoms with E-state index in [2.05, 4.69) is 5.10 Å². The van der Waals surface area contributed by atoms with Gasteiger partial charge in [-0.25, -0.2) is 8.78 Å². The Hall–Kier alpha value is -2.97. The number of rotatable bonds is 8. The SMILES string of the molecule is CCn1cc(COc2ccc(-c3cc(F)ccc3OC)cc2CN2C[C@@H](O)[C@H](F)C2)cn1. The average Bonchev–Trinajstić information content (AvgIpc) is 3.38. The molecule has 0 spiro atoms. The van der Waals surface area contributed by atoms with Gasteiger partial charge in [0.05, 0.1) is 19.4 Å². The third kappa shape index (κ3) is 4.92. The molecule has 0 unspecified atom stereocenters. The van der Waals surface area contributed by atoms with Crippen LogP contribution in [0.2, 0.25) is 0 Å². The molecular formula is C24H27F2N3O3. The summed E-state index contributed by atoms with van der Waals surface area (Å²) in [4.78, 5) is 1.85. The second-order valence-electron chi connectivity index (χ2n) is 7.94. The molecule has 1 aliphatic rings. The van der Waals surface area contributed by atoms with Crippen LogP contribution in [0.1, 0.15) is 18.1 Å². The number of likely N-dealkylation sites (tertiary alicyclic amines) is 1. The van der Waals surface area contributed by atoms with E-state index < -0.39 is 12.3 Å². The lowest BCUT2D eigenvalue weighted by molar-refractivity contribution is 0.115. The number of alkyl halides is 1. The number of nitrogens with zero attached hydrogens (tertiary/aromatic N) is 3. The first-order chi connectivity index (χ1) is 15.5.